The number of hydrogen-bond acceptors (Lipinski definition) is 4. The number of fused-ring (bicyclic) bond motifs is 2. The molecule has 4 radical (unpaired) electrons. The zero-order valence-electron chi connectivity index (χ0n) is 19.3. The van der Waals surface area contributed by atoms with E-state index in [1.807, 2.05) is 0 Å². The Labute approximate surface area is 213 Å². The van der Waals surface area contributed by atoms with Gasteiger partial charge in [-0.2, -0.15) is 0 Å². The Morgan fingerprint density at radius 1 is 0.529 bits per heavy atom. The van der Waals surface area contributed by atoms with E-state index in [0.29, 0.717) is 0 Å². The van der Waals surface area contributed by atoms with E-state index in [1.54, 1.807) is 0 Å². The van der Waals surface area contributed by atoms with Crippen molar-refractivity contribution >= 4 is 30.6 Å². The fourth-order valence-corrected chi connectivity index (χ4v) is 3.31. The van der Waals surface area contributed by atoms with Gasteiger partial charge in [0, 0.05) is 26.2 Å². The summed E-state index contributed by atoms with van der Waals surface area (Å²) in [6.45, 7) is 19.1. The predicted octanol–water partition coefficient (Wildman–Crippen LogP) is 8.08. The van der Waals surface area contributed by atoms with E-state index in [-0.39, 0.29) is 22.4 Å². The van der Waals surface area contributed by atoms with Crippen molar-refractivity contribution in [3.8, 4) is 0 Å². The van der Waals surface area contributed by atoms with E-state index >= 15 is 0 Å². The summed E-state index contributed by atoms with van der Waals surface area (Å²) in [7, 11) is -10.7. The molecule has 0 saturated heterocycles. The van der Waals surface area contributed by atoms with Crippen molar-refractivity contribution in [2.75, 3.05) is 45.8 Å². The van der Waals surface area contributed by atoms with Crippen LogP contribution in [0.4, 0.5) is 47.9 Å². The summed E-state index contributed by atoms with van der Waals surface area (Å²) < 4.78 is 59.2. The smallest absolute Gasteiger partial charge is 1.00 e. The Morgan fingerprint density at radius 2 is 0.706 bits per heavy atom. The van der Waals surface area contributed by atoms with Crippen LogP contribution in [0.15, 0.2) is 48.5 Å². The van der Waals surface area contributed by atoms with Crippen LogP contribution in [0, 0.1) is 13.3 Å². The minimum atomic E-state index is -10.7. The van der Waals surface area contributed by atoms with E-state index in [2.05, 4.69) is 109 Å². The van der Waals surface area contributed by atoms with Gasteiger partial charge in [-0.25, -0.2) is 0 Å². The maximum absolute atomic E-state index is 10.7. The Kier molecular flexibility index (Phi) is 9.82. The van der Waals surface area contributed by atoms with Crippen LogP contribution in [0.1, 0.15) is 27.7 Å². The van der Waals surface area contributed by atoms with Crippen molar-refractivity contribution in [2.45, 2.75) is 27.7 Å². The quantitative estimate of drug-likeness (QED) is 0.200. The third-order valence-corrected chi connectivity index (χ3v) is 4.67. The molecule has 4 rings (SSSR count). The Bertz CT molecular complexity index is 798. The van der Waals surface area contributed by atoms with E-state index < -0.39 is 7.81 Å². The van der Waals surface area contributed by atoms with Crippen molar-refractivity contribution in [1.82, 2.24) is 0 Å². The van der Waals surface area contributed by atoms with Gasteiger partial charge >= 0.3 is 55.4 Å². The molecule has 0 bridgehead atoms. The van der Waals surface area contributed by atoms with Gasteiger partial charge < -0.3 is 19.6 Å². The molecule has 0 saturated carbocycles. The second-order valence-electron chi connectivity index (χ2n) is 7.11. The molecule has 0 aliphatic carbocycles. The molecule has 0 N–H and O–H groups in total. The van der Waals surface area contributed by atoms with Gasteiger partial charge in [-0.15, -0.1) is 0 Å². The van der Waals surface area contributed by atoms with Crippen LogP contribution in [-0.4, -0.2) is 26.2 Å². The molecular formula is C22H28AgF6N4P. The van der Waals surface area contributed by atoms with E-state index in [0.717, 1.165) is 26.2 Å². The third-order valence-electron chi connectivity index (χ3n) is 4.67. The van der Waals surface area contributed by atoms with Gasteiger partial charge in [0.1, 0.15) is 0 Å². The van der Waals surface area contributed by atoms with Crippen molar-refractivity contribution in [3.63, 3.8) is 0 Å². The molecule has 2 heterocycles. The number of para-hydroxylation sites is 4. The second-order valence-corrected chi connectivity index (χ2v) is 9.03. The van der Waals surface area contributed by atoms with Gasteiger partial charge in [-0.3, -0.25) is 0 Å². The number of hydrogen-bond donors (Lipinski definition) is 0. The Morgan fingerprint density at radius 3 is 0.853 bits per heavy atom. The number of benzene rings is 2. The van der Waals surface area contributed by atoms with E-state index in [1.165, 1.54) is 22.7 Å². The third kappa shape index (κ3) is 9.56. The number of nitrogens with zero attached hydrogens (tertiary/aromatic N) is 4. The fraction of sp³-hybridized carbons (Fsp3) is 0.364. The minimum Gasteiger partial charge on any atom is 1.00 e. The van der Waals surface area contributed by atoms with Gasteiger partial charge in [0.25, 0.3) is 0 Å². The molecule has 0 unspecified atom stereocenters. The molecule has 34 heavy (non-hydrogen) atoms. The Hall–Kier alpha value is -1.61. The summed E-state index contributed by atoms with van der Waals surface area (Å²) in [6.07, 6.45) is 0. The number of halogens is 6. The summed E-state index contributed by atoms with van der Waals surface area (Å²) in [5.41, 5.74) is 5.08. The summed E-state index contributed by atoms with van der Waals surface area (Å²) in [6, 6.07) is 16.8. The van der Waals surface area contributed by atoms with Crippen molar-refractivity contribution in [3.05, 3.63) is 61.9 Å². The molecular weight excluding hydrogens is 573 g/mol. The van der Waals surface area contributed by atoms with Crippen molar-refractivity contribution < 1.29 is 47.6 Å². The summed E-state index contributed by atoms with van der Waals surface area (Å²) in [5.74, 6) is 0. The molecule has 2 aromatic rings. The van der Waals surface area contributed by atoms with Gasteiger partial charge in [0.2, 0.25) is 13.3 Å². The maximum atomic E-state index is 9.87. The molecule has 0 atom stereocenters. The van der Waals surface area contributed by atoms with Crippen LogP contribution in [-0.2, 0) is 22.4 Å². The monoisotopic (exact) mass is 600 g/mol. The first-order valence-corrected chi connectivity index (χ1v) is 12.6. The molecule has 12 heteroatoms. The van der Waals surface area contributed by atoms with Crippen molar-refractivity contribution in [1.29, 1.82) is 0 Å². The average molecular weight is 601 g/mol. The Balaban J connectivity index is 0.000000264. The van der Waals surface area contributed by atoms with Gasteiger partial charge in [-0.1, -0.05) is 24.3 Å². The van der Waals surface area contributed by atoms with Crippen LogP contribution in [0.5, 0.6) is 0 Å². The van der Waals surface area contributed by atoms with Gasteiger partial charge in [0.15, 0.2) is 0 Å². The van der Waals surface area contributed by atoms with Gasteiger partial charge in [-0.05, 0) is 52.0 Å². The van der Waals surface area contributed by atoms with Crippen LogP contribution in [0.3, 0.4) is 0 Å². The van der Waals surface area contributed by atoms with Crippen molar-refractivity contribution in [2.24, 2.45) is 0 Å². The van der Waals surface area contributed by atoms with E-state index in [4.69, 9.17) is 0 Å². The molecule has 0 aromatic heterocycles. The topological polar surface area (TPSA) is 13.0 Å². The maximum Gasteiger partial charge on any atom is 1.00 e. The van der Waals surface area contributed by atoms with E-state index in [9.17, 15) is 25.2 Å². The van der Waals surface area contributed by atoms with Crippen LogP contribution >= 0.6 is 7.81 Å². The second kappa shape index (κ2) is 11.0. The molecule has 0 spiro atoms. The first-order valence-electron chi connectivity index (χ1n) is 10.6. The standard InChI is InChI=1S/2C11H14N2.Ag.F6P/c2*1-3-12-9-13(4-2)11-8-6-5-7-10(11)12;;1-7(2,3,4,5)6/h2*5-8H,3-4H2,1-2H3;;/q;;+1;-1. The fourth-order valence-electron chi connectivity index (χ4n) is 3.31. The summed E-state index contributed by atoms with van der Waals surface area (Å²) >= 11 is 0. The SMILES string of the molecule is CCN1[C]N(CC)c2ccccc21.CCN1[C]N(CC)c2ccccc21.F[P-](F)(F)(F)(F)F.[Ag+]. The molecule has 0 fully saturated rings. The first-order chi connectivity index (χ1) is 15.2. The summed E-state index contributed by atoms with van der Waals surface area (Å²) in [4.78, 5) is 8.61. The molecule has 4 nitrogen and oxygen atoms in total. The normalized spacial score (nSPS) is 16.2. The van der Waals surface area contributed by atoms with Crippen LogP contribution in [0.2, 0.25) is 0 Å². The van der Waals surface area contributed by atoms with Crippen LogP contribution in [0.25, 0.3) is 0 Å². The average Bonchev–Trinajstić information content (AvgIpc) is 3.29. The predicted molar refractivity (Wildman–Crippen MR) is 125 cm³/mol. The van der Waals surface area contributed by atoms with Gasteiger partial charge in [0.05, 0.1) is 22.7 Å². The zero-order chi connectivity index (χ0) is 24.9. The number of rotatable bonds is 4. The summed E-state index contributed by atoms with van der Waals surface area (Å²) in [5, 5.41) is 0. The minimum absolute atomic E-state index is 0. The molecule has 0 amide bonds. The molecule has 2 aliphatic heterocycles. The molecule has 194 valence electrons. The molecule has 2 aromatic carbocycles. The van der Waals surface area contributed by atoms with Crippen LogP contribution < -0.4 is 19.6 Å². The largest absolute Gasteiger partial charge is 1.00 e. The molecule has 2 aliphatic rings. The number of anilines is 4. The zero-order valence-corrected chi connectivity index (χ0v) is 21.6. The first kappa shape index (κ1) is 30.4.